The molecule has 0 aliphatic rings. The lowest BCUT2D eigenvalue weighted by Gasteiger charge is -2.14. The van der Waals surface area contributed by atoms with Gasteiger partial charge in [0.1, 0.15) is 12.4 Å². The van der Waals surface area contributed by atoms with Crippen molar-refractivity contribution in [3.05, 3.63) is 96.6 Å². The summed E-state index contributed by atoms with van der Waals surface area (Å²) in [4.78, 5) is 3.51. The quantitative estimate of drug-likeness (QED) is 0.195. The molecule has 0 unspecified atom stereocenters. The summed E-state index contributed by atoms with van der Waals surface area (Å²) in [5.41, 5.74) is 5.50. The van der Waals surface area contributed by atoms with E-state index in [2.05, 4.69) is 51.4 Å². The van der Waals surface area contributed by atoms with Gasteiger partial charge < -0.3 is 20.1 Å². The van der Waals surface area contributed by atoms with Gasteiger partial charge in [-0.2, -0.15) is 0 Å². The summed E-state index contributed by atoms with van der Waals surface area (Å²) in [6.07, 6.45) is 0.319. The van der Waals surface area contributed by atoms with Crippen LogP contribution in [0.3, 0.4) is 0 Å². The lowest BCUT2D eigenvalue weighted by molar-refractivity contribution is 0.172. The van der Waals surface area contributed by atoms with E-state index in [4.69, 9.17) is 4.74 Å². The molecular weight excluding hydrogens is 486 g/mol. The van der Waals surface area contributed by atoms with Crippen LogP contribution in [0.5, 0.6) is 5.75 Å². The minimum atomic E-state index is -3.37. The van der Waals surface area contributed by atoms with Crippen molar-refractivity contribution in [2.75, 3.05) is 30.7 Å². The third-order valence-corrected chi connectivity index (χ3v) is 6.74. The van der Waals surface area contributed by atoms with Gasteiger partial charge in [0.15, 0.2) is 0 Å². The second-order valence-electron chi connectivity index (χ2n) is 9.03. The third kappa shape index (κ3) is 6.11. The lowest BCUT2D eigenvalue weighted by atomic mass is 10.0. The van der Waals surface area contributed by atoms with E-state index in [0.717, 1.165) is 28.4 Å². The van der Waals surface area contributed by atoms with Crippen molar-refractivity contribution >= 4 is 37.5 Å². The SMILES string of the molecule is CS(=O)(=O)Nc1cccc([C@@H](O)CNCCOc2ccc3c(c2)[nH]c2cc(-c4ccccc4)ccc23)c1. The normalized spacial score (nSPS) is 12.6. The minimum Gasteiger partial charge on any atom is -0.492 e. The Bertz CT molecular complexity index is 1630. The second-order valence-corrected chi connectivity index (χ2v) is 10.8. The zero-order valence-corrected chi connectivity index (χ0v) is 21.3. The Kier molecular flexibility index (Phi) is 7.14. The number of aromatic nitrogens is 1. The number of fused-ring (bicyclic) bond motifs is 3. The predicted octanol–water partition coefficient (Wildman–Crippen LogP) is 5.06. The van der Waals surface area contributed by atoms with Crippen LogP contribution in [-0.2, 0) is 10.0 Å². The number of sulfonamides is 1. The Morgan fingerprint density at radius 2 is 1.62 bits per heavy atom. The number of aliphatic hydroxyl groups excluding tert-OH is 1. The Labute approximate surface area is 216 Å². The van der Waals surface area contributed by atoms with Crippen LogP contribution < -0.4 is 14.8 Å². The van der Waals surface area contributed by atoms with Gasteiger partial charge in [0.05, 0.1) is 17.9 Å². The molecule has 1 aromatic heterocycles. The van der Waals surface area contributed by atoms with Crippen LogP contribution in [0.1, 0.15) is 11.7 Å². The van der Waals surface area contributed by atoms with Crippen molar-refractivity contribution in [2.24, 2.45) is 0 Å². The number of ether oxygens (including phenoxy) is 1. The summed E-state index contributed by atoms with van der Waals surface area (Å²) in [5, 5.41) is 16.0. The maximum Gasteiger partial charge on any atom is 0.229 e. The number of benzene rings is 4. The van der Waals surface area contributed by atoms with E-state index in [1.165, 1.54) is 16.5 Å². The molecule has 0 aliphatic carbocycles. The van der Waals surface area contributed by atoms with Crippen molar-refractivity contribution < 1.29 is 18.3 Å². The molecule has 1 heterocycles. The lowest BCUT2D eigenvalue weighted by Crippen LogP contribution is -2.26. The maximum absolute atomic E-state index is 11.4. The van der Waals surface area contributed by atoms with E-state index in [1.54, 1.807) is 24.3 Å². The van der Waals surface area contributed by atoms with Crippen LogP contribution in [0.2, 0.25) is 0 Å². The first-order valence-corrected chi connectivity index (χ1v) is 14.0. The highest BCUT2D eigenvalue weighted by Gasteiger charge is 2.10. The van der Waals surface area contributed by atoms with Gasteiger partial charge in [-0.3, -0.25) is 4.72 Å². The molecule has 7 nitrogen and oxygen atoms in total. The van der Waals surface area contributed by atoms with Crippen LogP contribution in [0, 0.1) is 0 Å². The first-order chi connectivity index (χ1) is 17.9. The van der Waals surface area contributed by atoms with Crippen molar-refractivity contribution in [1.82, 2.24) is 10.3 Å². The number of rotatable bonds is 10. The van der Waals surface area contributed by atoms with E-state index in [-0.39, 0.29) is 0 Å². The highest BCUT2D eigenvalue weighted by molar-refractivity contribution is 7.92. The van der Waals surface area contributed by atoms with Crippen molar-refractivity contribution in [1.29, 1.82) is 0 Å². The Balaban J connectivity index is 1.16. The maximum atomic E-state index is 11.4. The van der Waals surface area contributed by atoms with Crippen molar-refractivity contribution in [3.8, 4) is 16.9 Å². The molecule has 37 heavy (non-hydrogen) atoms. The van der Waals surface area contributed by atoms with Crippen LogP contribution in [0.15, 0.2) is 91.0 Å². The van der Waals surface area contributed by atoms with Gasteiger partial charge >= 0.3 is 0 Å². The number of aromatic amines is 1. The standard InChI is InChI=1S/C29H29N3O4S/c1-37(34,35)32-23-9-5-8-22(16-23)29(33)19-30-14-15-36-24-11-13-26-25-12-10-21(20-6-3-2-4-7-20)17-27(25)31-28(26)18-24/h2-13,16-18,29-33H,14-15,19H2,1H3/t29-/m0/s1. The molecule has 0 bridgehead atoms. The van der Waals surface area contributed by atoms with Crippen molar-refractivity contribution in [2.45, 2.75) is 6.10 Å². The number of H-pyrrole nitrogens is 1. The smallest absolute Gasteiger partial charge is 0.229 e. The zero-order chi connectivity index (χ0) is 25.8. The molecule has 0 spiro atoms. The summed E-state index contributed by atoms with van der Waals surface area (Å²) in [5.74, 6) is 0.768. The van der Waals surface area contributed by atoms with Gasteiger partial charge in [-0.25, -0.2) is 8.42 Å². The molecule has 0 fully saturated rings. The summed E-state index contributed by atoms with van der Waals surface area (Å²) in [7, 11) is -3.37. The van der Waals surface area contributed by atoms with Crippen molar-refractivity contribution in [3.63, 3.8) is 0 Å². The fourth-order valence-corrected chi connectivity index (χ4v) is 4.97. The fourth-order valence-electron chi connectivity index (χ4n) is 4.41. The Morgan fingerprint density at radius 3 is 2.41 bits per heavy atom. The predicted molar refractivity (Wildman–Crippen MR) is 149 cm³/mol. The largest absolute Gasteiger partial charge is 0.492 e. The van der Waals surface area contributed by atoms with Crippen LogP contribution in [-0.4, -0.2) is 44.5 Å². The number of aliphatic hydroxyl groups is 1. The summed E-state index contributed by atoms with van der Waals surface area (Å²) >= 11 is 0. The monoisotopic (exact) mass is 515 g/mol. The van der Waals surface area contributed by atoms with E-state index < -0.39 is 16.1 Å². The van der Waals surface area contributed by atoms with Gasteiger partial charge in [-0.05, 0) is 47.0 Å². The Hall–Kier alpha value is -3.85. The average molecular weight is 516 g/mol. The number of nitrogens with one attached hydrogen (secondary N) is 3. The average Bonchev–Trinajstić information content (AvgIpc) is 3.25. The summed E-state index contributed by atoms with van der Waals surface area (Å²) < 4.78 is 31.2. The third-order valence-electron chi connectivity index (χ3n) is 6.14. The van der Waals surface area contributed by atoms with Gasteiger partial charge in [-0.15, -0.1) is 0 Å². The zero-order valence-electron chi connectivity index (χ0n) is 20.4. The number of anilines is 1. The molecule has 0 radical (unpaired) electrons. The summed E-state index contributed by atoms with van der Waals surface area (Å²) in [6.45, 7) is 1.30. The van der Waals surface area contributed by atoms with E-state index in [9.17, 15) is 13.5 Å². The minimum absolute atomic E-state index is 0.316. The Morgan fingerprint density at radius 1 is 0.865 bits per heavy atom. The summed E-state index contributed by atoms with van der Waals surface area (Å²) in [6, 6.07) is 29.6. The van der Waals surface area contributed by atoms with Crippen LogP contribution in [0.25, 0.3) is 32.9 Å². The fraction of sp³-hybridized carbons (Fsp3) is 0.172. The van der Waals surface area contributed by atoms with Crippen LogP contribution >= 0.6 is 0 Å². The number of hydrogen-bond acceptors (Lipinski definition) is 5. The second kappa shape index (κ2) is 10.6. The molecule has 0 saturated heterocycles. The molecule has 4 aromatic carbocycles. The van der Waals surface area contributed by atoms with Gasteiger partial charge in [-0.1, -0.05) is 54.6 Å². The highest BCUT2D eigenvalue weighted by atomic mass is 32.2. The van der Waals surface area contributed by atoms with E-state index in [1.807, 2.05) is 30.3 Å². The van der Waals surface area contributed by atoms with E-state index in [0.29, 0.717) is 30.9 Å². The molecule has 5 rings (SSSR count). The first-order valence-electron chi connectivity index (χ1n) is 12.1. The molecule has 8 heteroatoms. The topological polar surface area (TPSA) is 103 Å². The van der Waals surface area contributed by atoms with Gasteiger partial charge in [0.25, 0.3) is 0 Å². The van der Waals surface area contributed by atoms with Gasteiger partial charge in [0.2, 0.25) is 10.0 Å². The van der Waals surface area contributed by atoms with E-state index >= 15 is 0 Å². The molecule has 0 amide bonds. The van der Waals surface area contributed by atoms with Gasteiger partial charge in [0, 0.05) is 41.1 Å². The molecule has 5 aromatic rings. The molecule has 0 aliphatic heterocycles. The molecule has 190 valence electrons. The molecule has 1 atom stereocenters. The molecule has 4 N–H and O–H groups in total. The molecule has 0 saturated carbocycles. The number of hydrogen-bond donors (Lipinski definition) is 4. The molecular formula is C29H29N3O4S. The highest BCUT2D eigenvalue weighted by Crippen LogP contribution is 2.31. The first kappa shape index (κ1) is 24.8. The van der Waals surface area contributed by atoms with Crippen LogP contribution in [0.4, 0.5) is 5.69 Å².